The lowest BCUT2D eigenvalue weighted by molar-refractivity contribution is -0.162. The standard InChI is InChI=1S/C29H29NO4/c1-29(2,20-11-4-3-5-12-20)34-27(31)26-17-10-18-30(26)28(32)33-19-25-23-15-8-6-13-21(23)22-14-7-9-16-24(22)25/h3-9,11-16,25-26H,10,17-19H2,1-2H3. The van der Waals surface area contributed by atoms with Gasteiger partial charge in [-0.1, -0.05) is 78.9 Å². The van der Waals surface area contributed by atoms with Crippen LogP contribution in [0.4, 0.5) is 4.79 Å². The Bertz CT molecular complexity index is 1160. The fraction of sp³-hybridized carbons (Fsp3) is 0.310. The molecule has 0 bridgehead atoms. The summed E-state index contributed by atoms with van der Waals surface area (Å²) in [5.41, 5.74) is 4.83. The number of nitrogens with zero attached hydrogens (tertiary/aromatic N) is 1. The molecule has 5 nitrogen and oxygen atoms in total. The average molecular weight is 456 g/mol. The van der Waals surface area contributed by atoms with Crippen molar-refractivity contribution in [3.63, 3.8) is 0 Å². The molecule has 34 heavy (non-hydrogen) atoms. The van der Waals surface area contributed by atoms with Crippen LogP contribution in [-0.4, -0.2) is 36.2 Å². The Kier molecular flexibility index (Phi) is 5.86. The molecule has 5 heteroatoms. The summed E-state index contributed by atoms with van der Waals surface area (Å²) in [6.07, 6.45) is 0.864. The third kappa shape index (κ3) is 4.07. The third-order valence-corrected chi connectivity index (χ3v) is 6.92. The van der Waals surface area contributed by atoms with Crippen molar-refractivity contribution < 1.29 is 19.1 Å². The predicted molar refractivity (Wildman–Crippen MR) is 130 cm³/mol. The van der Waals surface area contributed by atoms with Crippen molar-refractivity contribution in [1.29, 1.82) is 0 Å². The maximum Gasteiger partial charge on any atom is 0.410 e. The van der Waals surface area contributed by atoms with Gasteiger partial charge in [0, 0.05) is 12.5 Å². The van der Waals surface area contributed by atoms with Crippen molar-refractivity contribution in [2.75, 3.05) is 13.2 Å². The van der Waals surface area contributed by atoms with Gasteiger partial charge in [0.25, 0.3) is 0 Å². The molecule has 1 aliphatic heterocycles. The van der Waals surface area contributed by atoms with Crippen LogP contribution in [0.25, 0.3) is 11.1 Å². The van der Waals surface area contributed by atoms with Gasteiger partial charge in [-0.25, -0.2) is 9.59 Å². The number of fused-ring (bicyclic) bond motifs is 3. The summed E-state index contributed by atoms with van der Waals surface area (Å²) in [7, 11) is 0. The first-order valence-electron chi connectivity index (χ1n) is 11.9. The first kappa shape index (κ1) is 22.2. The smallest absolute Gasteiger partial charge is 0.410 e. The number of hydrogen-bond donors (Lipinski definition) is 0. The monoisotopic (exact) mass is 455 g/mol. The van der Waals surface area contributed by atoms with Crippen LogP contribution in [0.1, 0.15) is 49.3 Å². The van der Waals surface area contributed by atoms with Crippen molar-refractivity contribution >= 4 is 12.1 Å². The van der Waals surface area contributed by atoms with Crippen LogP contribution in [0.2, 0.25) is 0 Å². The number of benzene rings is 3. The molecule has 0 N–H and O–H groups in total. The summed E-state index contributed by atoms with van der Waals surface area (Å²) in [6.45, 7) is 4.46. The fourth-order valence-electron chi connectivity index (χ4n) is 5.13. The van der Waals surface area contributed by atoms with Crippen LogP contribution in [-0.2, 0) is 19.9 Å². The number of esters is 1. The lowest BCUT2D eigenvalue weighted by atomic mass is 9.98. The quantitative estimate of drug-likeness (QED) is 0.451. The molecule has 3 aromatic rings. The highest BCUT2D eigenvalue weighted by atomic mass is 16.6. The van der Waals surface area contributed by atoms with Gasteiger partial charge in [0.15, 0.2) is 0 Å². The van der Waals surface area contributed by atoms with Gasteiger partial charge in [-0.3, -0.25) is 4.90 Å². The van der Waals surface area contributed by atoms with Crippen LogP contribution in [0, 0.1) is 0 Å². The average Bonchev–Trinajstić information content (AvgIpc) is 3.47. The molecule has 0 saturated carbocycles. The van der Waals surface area contributed by atoms with E-state index < -0.39 is 17.7 Å². The van der Waals surface area contributed by atoms with E-state index in [4.69, 9.17) is 9.47 Å². The maximum absolute atomic E-state index is 13.1. The summed E-state index contributed by atoms with van der Waals surface area (Å²) < 4.78 is 11.7. The number of amides is 1. The summed E-state index contributed by atoms with van der Waals surface area (Å²) in [5, 5.41) is 0. The van der Waals surface area contributed by atoms with E-state index in [2.05, 4.69) is 24.3 Å². The van der Waals surface area contributed by atoms with Gasteiger partial charge < -0.3 is 9.47 Å². The molecule has 174 valence electrons. The van der Waals surface area contributed by atoms with Gasteiger partial charge in [-0.15, -0.1) is 0 Å². The van der Waals surface area contributed by atoms with E-state index in [0.29, 0.717) is 13.0 Å². The first-order chi connectivity index (χ1) is 16.5. The van der Waals surface area contributed by atoms with Gasteiger partial charge in [0.05, 0.1) is 0 Å². The summed E-state index contributed by atoms with van der Waals surface area (Å²) in [5.74, 6) is -0.402. The van der Waals surface area contributed by atoms with Crippen LogP contribution in [0.3, 0.4) is 0 Å². The molecule has 2 aliphatic rings. The van der Waals surface area contributed by atoms with E-state index in [1.807, 2.05) is 68.4 Å². The summed E-state index contributed by atoms with van der Waals surface area (Å²) in [6, 6.07) is 25.5. The van der Waals surface area contributed by atoms with E-state index in [0.717, 1.165) is 12.0 Å². The highest BCUT2D eigenvalue weighted by Crippen LogP contribution is 2.44. The molecule has 1 unspecified atom stereocenters. The predicted octanol–water partition coefficient (Wildman–Crippen LogP) is 5.88. The van der Waals surface area contributed by atoms with Crippen LogP contribution >= 0.6 is 0 Å². The molecule has 1 fully saturated rings. The van der Waals surface area contributed by atoms with Crippen LogP contribution in [0.15, 0.2) is 78.9 Å². The second-order valence-electron chi connectivity index (χ2n) is 9.45. The summed E-state index contributed by atoms with van der Waals surface area (Å²) >= 11 is 0. The lowest BCUT2D eigenvalue weighted by Crippen LogP contribution is -2.44. The zero-order chi connectivity index (χ0) is 23.7. The molecular weight excluding hydrogens is 426 g/mol. The minimum atomic E-state index is -0.784. The van der Waals surface area contributed by atoms with Gasteiger partial charge >= 0.3 is 12.1 Å². The Morgan fingerprint density at radius 3 is 2.12 bits per heavy atom. The third-order valence-electron chi connectivity index (χ3n) is 6.92. The number of carbonyl (C=O) groups is 2. The molecule has 1 aliphatic carbocycles. The fourth-order valence-corrected chi connectivity index (χ4v) is 5.13. The van der Waals surface area contributed by atoms with Crippen LogP contribution in [0.5, 0.6) is 0 Å². The Balaban J connectivity index is 1.27. The molecule has 5 rings (SSSR count). The number of rotatable bonds is 5. The van der Waals surface area contributed by atoms with Crippen molar-refractivity contribution in [2.45, 2.75) is 44.2 Å². The largest absolute Gasteiger partial charge is 0.453 e. The number of carbonyl (C=O) groups excluding carboxylic acids is 2. The number of hydrogen-bond acceptors (Lipinski definition) is 4. The van der Waals surface area contributed by atoms with E-state index in [9.17, 15) is 9.59 Å². The minimum Gasteiger partial charge on any atom is -0.453 e. The molecule has 1 saturated heterocycles. The molecule has 0 radical (unpaired) electrons. The first-order valence-corrected chi connectivity index (χ1v) is 11.9. The van der Waals surface area contributed by atoms with E-state index >= 15 is 0 Å². The Labute approximate surface area is 200 Å². The number of likely N-dealkylation sites (tertiary alicyclic amines) is 1. The van der Waals surface area contributed by atoms with Crippen molar-refractivity contribution in [3.8, 4) is 11.1 Å². The molecular formula is C29H29NO4. The second kappa shape index (κ2) is 8.98. The van der Waals surface area contributed by atoms with Gasteiger partial charge in [-0.05, 0) is 54.5 Å². The van der Waals surface area contributed by atoms with Gasteiger partial charge in [0.1, 0.15) is 18.2 Å². The molecule has 1 atom stereocenters. The van der Waals surface area contributed by atoms with Gasteiger partial charge in [-0.2, -0.15) is 0 Å². The molecule has 1 heterocycles. The van der Waals surface area contributed by atoms with Crippen molar-refractivity contribution in [3.05, 3.63) is 95.6 Å². The topological polar surface area (TPSA) is 55.8 Å². The Morgan fingerprint density at radius 2 is 1.47 bits per heavy atom. The van der Waals surface area contributed by atoms with E-state index in [1.54, 1.807) is 0 Å². The van der Waals surface area contributed by atoms with E-state index in [-0.39, 0.29) is 18.5 Å². The molecule has 0 aromatic heterocycles. The Morgan fingerprint density at radius 1 is 0.882 bits per heavy atom. The number of ether oxygens (including phenoxy) is 2. The minimum absolute atomic E-state index is 0.0126. The molecule has 0 spiro atoms. The lowest BCUT2D eigenvalue weighted by Gasteiger charge is -2.30. The highest BCUT2D eigenvalue weighted by Gasteiger charge is 2.39. The zero-order valence-electron chi connectivity index (χ0n) is 19.6. The van der Waals surface area contributed by atoms with Gasteiger partial charge in [0.2, 0.25) is 0 Å². The van der Waals surface area contributed by atoms with Crippen LogP contribution < -0.4 is 0 Å². The summed E-state index contributed by atoms with van der Waals surface area (Å²) in [4.78, 5) is 27.7. The van der Waals surface area contributed by atoms with E-state index in [1.165, 1.54) is 27.2 Å². The normalized spacial score (nSPS) is 17.2. The second-order valence-corrected chi connectivity index (χ2v) is 9.45. The van der Waals surface area contributed by atoms with Crippen molar-refractivity contribution in [1.82, 2.24) is 4.90 Å². The Hall–Kier alpha value is -3.60. The SMILES string of the molecule is CC(C)(OC(=O)C1CCCN1C(=O)OCC1c2ccccc2-c2ccccc21)c1ccccc1. The molecule has 3 aromatic carbocycles. The van der Waals surface area contributed by atoms with Crippen molar-refractivity contribution in [2.24, 2.45) is 0 Å². The molecule has 1 amide bonds. The maximum atomic E-state index is 13.1. The highest BCUT2D eigenvalue weighted by molar-refractivity contribution is 5.83. The zero-order valence-corrected chi connectivity index (χ0v) is 19.6.